The second-order valence-electron chi connectivity index (χ2n) is 7.57. The molecular formula is C24H26N4O2. The van der Waals surface area contributed by atoms with Gasteiger partial charge in [-0.15, -0.1) is 0 Å². The number of anilines is 1. The molecule has 0 unspecified atom stereocenters. The van der Waals surface area contributed by atoms with E-state index >= 15 is 0 Å². The van der Waals surface area contributed by atoms with Crippen LogP contribution in [-0.4, -0.2) is 28.1 Å². The number of fused-ring (bicyclic) bond motifs is 1. The summed E-state index contributed by atoms with van der Waals surface area (Å²) in [7, 11) is 0. The van der Waals surface area contributed by atoms with E-state index in [1.54, 1.807) is 6.07 Å². The molecule has 0 saturated heterocycles. The van der Waals surface area contributed by atoms with Gasteiger partial charge in [-0.1, -0.05) is 25.1 Å². The molecular weight excluding hydrogens is 376 g/mol. The maximum atomic E-state index is 12.8. The van der Waals surface area contributed by atoms with Crippen molar-refractivity contribution in [3.8, 4) is 5.69 Å². The Morgan fingerprint density at radius 1 is 1.10 bits per heavy atom. The molecule has 1 N–H and O–H groups in total. The molecule has 154 valence electrons. The number of rotatable bonds is 5. The molecule has 1 aliphatic heterocycles. The highest BCUT2D eigenvalue weighted by molar-refractivity contribution is 5.98. The van der Waals surface area contributed by atoms with Gasteiger partial charge in [-0.05, 0) is 56.2 Å². The van der Waals surface area contributed by atoms with Gasteiger partial charge in [-0.3, -0.25) is 9.59 Å². The second-order valence-corrected chi connectivity index (χ2v) is 7.57. The lowest BCUT2D eigenvalue weighted by atomic mass is 10.1. The first kappa shape index (κ1) is 19.9. The van der Waals surface area contributed by atoms with Gasteiger partial charge in [0.05, 0.1) is 11.4 Å². The van der Waals surface area contributed by atoms with Crippen LogP contribution in [0, 0.1) is 13.8 Å². The molecule has 0 spiro atoms. The normalized spacial score (nSPS) is 12.7. The van der Waals surface area contributed by atoms with E-state index < -0.39 is 0 Å². The minimum Gasteiger partial charge on any atom is -0.348 e. The molecule has 0 radical (unpaired) electrons. The Labute approximate surface area is 176 Å². The van der Waals surface area contributed by atoms with Crippen LogP contribution in [0.15, 0.2) is 48.5 Å². The summed E-state index contributed by atoms with van der Waals surface area (Å²) in [5.41, 5.74) is 6.53. The van der Waals surface area contributed by atoms with Crippen LogP contribution in [0.2, 0.25) is 0 Å². The zero-order valence-electron chi connectivity index (χ0n) is 17.6. The molecule has 2 amide bonds. The fourth-order valence-corrected chi connectivity index (χ4v) is 4.02. The van der Waals surface area contributed by atoms with Crippen LogP contribution in [0.25, 0.3) is 5.69 Å². The predicted octanol–water partition coefficient (Wildman–Crippen LogP) is 3.72. The SMILES string of the molecule is CCC(=O)N1CCc2cc(C(=O)NCc3c(C)nn(-c4ccccc4)c3C)ccc21. The highest BCUT2D eigenvalue weighted by Gasteiger charge is 2.24. The van der Waals surface area contributed by atoms with E-state index in [-0.39, 0.29) is 11.8 Å². The first-order chi connectivity index (χ1) is 14.5. The van der Waals surface area contributed by atoms with Crippen LogP contribution in [0.4, 0.5) is 5.69 Å². The minimum atomic E-state index is -0.121. The molecule has 2 heterocycles. The Morgan fingerprint density at radius 3 is 2.60 bits per heavy atom. The highest BCUT2D eigenvalue weighted by Crippen LogP contribution is 2.29. The van der Waals surface area contributed by atoms with Crippen LogP contribution in [0.3, 0.4) is 0 Å². The summed E-state index contributed by atoms with van der Waals surface area (Å²) >= 11 is 0. The number of amides is 2. The third-order valence-corrected chi connectivity index (χ3v) is 5.71. The Balaban J connectivity index is 1.49. The summed E-state index contributed by atoms with van der Waals surface area (Å²) in [6, 6.07) is 15.5. The number of benzene rings is 2. The van der Waals surface area contributed by atoms with Gasteiger partial charge >= 0.3 is 0 Å². The molecule has 2 aromatic carbocycles. The van der Waals surface area contributed by atoms with Crippen molar-refractivity contribution >= 4 is 17.5 Å². The summed E-state index contributed by atoms with van der Waals surface area (Å²) < 4.78 is 1.91. The van der Waals surface area contributed by atoms with Gasteiger partial charge in [0.2, 0.25) is 5.91 Å². The van der Waals surface area contributed by atoms with E-state index in [1.165, 1.54) is 0 Å². The van der Waals surface area contributed by atoms with Crippen LogP contribution < -0.4 is 10.2 Å². The highest BCUT2D eigenvalue weighted by atomic mass is 16.2. The maximum Gasteiger partial charge on any atom is 0.251 e. The topological polar surface area (TPSA) is 67.2 Å². The molecule has 0 aliphatic carbocycles. The van der Waals surface area contributed by atoms with Gasteiger partial charge in [-0.2, -0.15) is 5.10 Å². The third-order valence-electron chi connectivity index (χ3n) is 5.71. The van der Waals surface area contributed by atoms with Crippen molar-refractivity contribution in [2.24, 2.45) is 0 Å². The molecule has 0 bridgehead atoms. The average Bonchev–Trinajstić information content (AvgIpc) is 3.32. The minimum absolute atomic E-state index is 0.118. The van der Waals surface area contributed by atoms with E-state index in [9.17, 15) is 9.59 Å². The number of aryl methyl sites for hydroxylation is 1. The number of aromatic nitrogens is 2. The van der Waals surface area contributed by atoms with Crippen molar-refractivity contribution in [2.45, 2.75) is 40.2 Å². The lowest BCUT2D eigenvalue weighted by Crippen LogP contribution is -2.27. The van der Waals surface area contributed by atoms with Crippen molar-refractivity contribution < 1.29 is 9.59 Å². The van der Waals surface area contributed by atoms with Crippen LogP contribution in [-0.2, 0) is 17.8 Å². The first-order valence-corrected chi connectivity index (χ1v) is 10.3. The molecule has 30 heavy (non-hydrogen) atoms. The van der Waals surface area contributed by atoms with E-state index in [0.717, 1.165) is 40.3 Å². The average molecular weight is 402 g/mol. The molecule has 6 heteroatoms. The number of nitrogens with zero attached hydrogens (tertiary/aromatic N) is 3. The van der Waals surface area contributed by atoms with Crippen molar-refractivity contribution in [1.29, 1.82) is 0 Å². The largest absolute Gasteiger partial charge is 0.348 e. The summed E-state index contributed by atoms with van der Waals surface area (Å²) in [6.45, 7) is 6.95. The lowest BCUT2D eigenvalue weighted by Gasteiger charge is -2.16. The van der Waals surface area contributed by atoms with Gasteiger partial charge < -0.3 is 10.2 Å². The van der Waals surface area contributed by atoms with E-state index in [4.69, 9.17) is 0 Å². The predicted molar refractivity (Wildman–Crippen MR) is 117 cm³/mol. The first-order valence-electron chi connectivity index (χ1n) is 10.3. The fraction of sp³-hybridized carbons (Fsp3) is 0.292. The zero-order valence-corrected chi connectivity index (χ0v) is 17.6. The van der Waals surface area contributed by atoms with E-state index in [2.05, 4.69) is 10.4 Å². The zero-order chi connectivity index (χ0) is 21.3. The van der Waals surface area contributed by atoms with Gasteiger partial charge in [0, 0.05) is 42.0 Å². The standard InChI is InChI=1S/C24H26N4O2/c1-4-23(29)27-13-12-18-14-19(10-11-22(18)27)24(30)25-15-21-16(2)26-28(17(21)3)20-8-6-5-7-9-20/h5-11,14H,4,12-13,15H2,1-3H3,(H,25,30). The number of hydrogen-bond acceptors (Lipinski definition) is 3. The van der Waals surface area contributed by atoms with Crippen LogP contribution in [0.5, 0.6) is 0 Å². The van der Waals surface area contributed by atoms with Gasteiger partial charge in [0.15, 0.2) is 0 Å². The monoisotopic (exact) mass is 402 g/mol. The molecule has 1 aromatic heterocycles. The number of para-hydroxylation sites is 1. The third kappa shape index (κ3) is 3.61. The quantitative estimate of drug-likeness (QED) is 0.707. The second kappa shape index (κ2) is 8.14. The number of carbonyl (C=O) groups excluding carboxylic acids is 2. The fourth-order valence-electron chi connectivity index (χ4n) is 4.02. The molecule has 0 atom stereocenters. The summed E-state index contributed by atoms with van der Waals surface area (Å²) in [5.74, 6) is -0.00309. The number of carbonyl (C=O) groups is 2. The number of nitrogens with one attached hydrogen (secondary N) is 1. The van der Waals surface area contributed by atoms with Crippen molar-refractivity contribution in [1.82, 2.24) is 15.1 Å². The molecule has 1 aliphatic rings. The Hall–Kier alpha value is -3.41. The van der Waals surface area contributed by atoms with Crippen molar-refractivity contribution in [3.63, 3.8) is 0 Å². The number of hydrogen-bond donors (Lipinski definition) is 1. The smallest absolute Gasteiger partial charge is 0.251 e. The van der Waals surface area contributed by atoms with Gasteiger partial charge in [0.25, 0.3) is 5.91 Å². The Bertz CT molecular complexity index is 1100. The molecule has 4 rings (SSSR count). The molecule has 3 aromatic rings. The van der Waals surface area contributed by atoms with E-state index in [1.807, 2.05) is 72.8 Å². The van der Waals surface area contributed by atoms with Gasteiger partial charge in [-0.25, -0.2) is 4.68 Å². The van der Waals surface area contributed by atoms with Crippen molar-refractivity contribution in [2.75, 3.05) is 11.4 Å². The Morgan fingerprint density at radius 2 is 1.87 bits per heavy atom. The van der Waals surface area contributed by atoms with Gasteiger partial charge in [0.1, 0.15) is 0 Å². The maximum absolute atomic E-state index is 12.8. The van der Waals surface area contributed by atoms with E-state index in [0.29, 0.717) is 25.1 Å². The molecule has 0 saturated carbocycles. The van der Waals surface area contributed by atoms with Crippen LogP contribution >= 0.6 is 0 Å². The molecule has 0 fully saturated rings. The summed E-state index contributed by atoms with van der Waals surface area (Å²) in [5, 5.41) is 7.66. The Kier molecular flexibility index (Phi) is 5.40. The van der Waals surface area contributed by atoms with Crippen LogP contribution in [0.1, 0.15) is 46.2 Å². The molecule has 6 nitrogen and oxygen atoms in total. The summed E-state index contributed by atoms with van der Waals surface area (Å²) in [4.78, 5) is 26.6. The summed E-state index contributed by atoms with van der Waals surface area (Å²) in [6.07, 6.45) is 1.27. The lowest BCUT2D eigenvalue weighted by molar-refractivity contribution is -0.118. The van der Waals surface area contributed by atoms with Crippen molar-refractivity contribution in [3.05, 3.63) is 76.6 Å².